The van der Waals surface area contributed by atoms with Gasteiger partial charge in [0.15, 0.2) is 5.69 Å². The summed E-state index contributed by atoms with van der Waals surface area (Å²) < 4.78 is 6.67. The van der Waals surface area contributed by atoms with Crippen molar-refractivity contribution in [2.75, 3.05) is 12.5 Å². The Bertz CT molecular complexity index is 1130. The van der Waals surface area contributed by atoms with Crippen LogP contribution in [0, 0.1) is 0 Å². The van der Waals surface area contributed by atoms with Crippen LogP contribution in [0.15, 0.2) is 36.4 Å². The van der Waals surface area contributed by atoms with E-state index in [0.717, 1.165) is 16.6 Å². The van der Waals surface area contributed by atoms with Crippen molar-refractivity contribution in [3.05, 3.63) is 52.1 Å². The van der Waals surface area contributed by atoms with Gasteiger partial charge in [0.2, 0.25) is 0 Å². The lowest BCUT2D eigenvalue weighted by atomic mass is 10.0. The molecule has 2 aromatic carbocycles. The zero-order valence-corrected chi connectivity index (χ0v) is 18.9. The van der Waals surface area contributed by atoms with Gasteiger partial charge in [-0.1, -0.05) is 35.3 Å². The van der Waals surface area contributed by atoms with E-state index in [4.69, 9.17) is 39.5 Å². The van der Waals surface area contributed by atoms with E-state index >= 15 is 0 Å². The predicted molar refractivity (Wildman–Crippen MR) is 119 cm³/mol. The Morgan fingerprint density at radius 1 is 1.17 bits per heavy atom. The first kappa shape index (κ1) is 22.4. The highest BCUT2D eigenvalue weighted by atomic mass is 35.5. The third-order valence-electron chi connectivity index (χ3n) is 4.46. The van der Waals surface area contributed by atoms with Crippen LogP contribution in [0.2, 0.25) is 10.0 Å². The Balaban J connectivity index is 1.89. The molecule has 1 amide bonds. The molecule has 0 atom stereocenters. The van der Waals surface area contributed by atoms with Gasteiger partial charge in [-0.15, -0.1) is 11.6 Å². The van der Waals surface area contributed by atoms with Gasteiger partial charge >= 0.3 is 5.97 Å². The van der Waals surface area contributed by atoms with E-state index in [-0.39, 0.29) is 24.1 Å². The number of hydrogen-bond acceptors (Lipinski definition) is 4. The molecule has 158 valence electrons. The van der Waals surface area contributed by atoms with Crippen LogP contribution in [0.1, 0.15) is 24.3 Å². The van der Waals surface area contributed by atoms with E-state index in [0.29, 0.717) is 15.4 Å². The van der Waals surface area contributed by atoms with Gasteiger partial charge in [-0.2, -0.15) is 5.10 Å². The van der Waals surface area contributed by atoms with Crippen molar-refractivity contribution in [1.29, 1.82) is 0 Å². The van der Waals surface area contributed by atoms with Crippen LogP contribution in [-0.4, -0.2) is 39.7 Å². The first-order valence-corrected chi connectivity index (χ1v) is 10.4. The topological polar surface area (TPSA) is 73.2 Å². The summed E-state index contributed by atoms with van der Waals surface area (Å²) in [6.45, 7) is 3.49. The summed E-state index contributed by atoms with van der Waals surface area (Å²) in [7, 11) is 1.76. The number of carbonyl (C=O) groups excluding carboxylic acids is 2. The van der Waals surface area contributed by atoms with Crippen LogP contribution in [0.5, 0.6) is 0 Å². The van der Waals surface area contributed by atoms with E-state index in [9.17, 15) is 9.59 Å². The molecule has 0 aliphatic rings. The Labute approximate surface area is 189 Å². The minimum Gasteiger partial charge on any atom is -0.462 e. The predicted octanol–water partition coefficient (Wildman–Crippen LogP) is 4.84. The van der Waals surface area contributed by atoms with E-state index < -0.39 is 11.5 Å². The van der Waals surface area contributed by atoms with Crippen molar-refractivity contribution < 1.29 is 14.3 Å². The zero-order valence-electron chi connectivity index (χ0n) is 16.6. The van der Waals surface area contributed by atoms with E-state index in [2.05, 4.69) is 10.4 Å². The molecule has 0 saturated heterocycles. The molecule has 9 heteroatoms. The van der Waals surface area contributed by atoms with Gasteiger partial charge in [0, 0.05) is 28.0 Å². The Morgan fingerprint density at radius 2 is 1.90 bits per heavy atom. The number of alkyl halides is 1. The molecule has 0 fully saturated rings. The number of nitrogens with one attached hydrogen (secondary N) is 1. The van der Waals surface area contributed by atoms with E-state index in [1.54, 1.807) is 37.7 Å². The largest absolute Gasteiger partial charge is 0.462 e. The summed E-state index contributed by atoms with van der Waals surface area (Å²) in [5, 5.41) is 9.01. The number of amides is 1. The fourth-order valence-corrected chi connectivity index (χ4v) is 3.61. The van der Waals surface area contributed by atoms with Gasteiger partial charge in [-0.05, 0) is 43.7 Å². The third kappa shape index (κ3) is 4.89. The van der Waals surface area contributed by atoms with Crippen molar-refractivity contribution in [3.8, 4) is 11.1 Å². The van der Waals surface area contributed by atoms with Crippen molar-refractivity contribution >= 4 is 57.6 Å². The number of nitrogens with zero attached hydrogens (tertiary/aromatic N) is 2. The molecule has 0 unspecified atom stereocenters. The second kappa shape index (κ2) is 8.84. The standard InChI is InChI=1S/C21H20Cl3N3O3/c1-21(2,11-30-18(28)10-22)25-20(29)19-15-6-4-12(8-17(15)27(3)26-19)14-7-5-13(23)9-16(14)24/h4-9H,10-11H2,1-3H3,(H,25,29). The average molecular weight is 469 g/mol. The maximum atomic E-state index is 12.9. The van der Waals surface area contributed by atoms with Crippen LogP contribution in [0.25, 0.3) is 22.0 Å². The zero-order chi connectivity index (χ0) is 22.1. The highest BCUT2D eigenvalue weighted by Gasteiger charge is 2.26. The molecule has 1 aromatic heterocycles. The van der Waals surface area contributed by atoms with Crippen LogP contribution in [-0.2, 0) is 16.6 Å². The molecule has 0 aliphatic carbocycles. The fraction of sp³-hybridized carbons (Fsp3) is 0.286. The molecule has 1 N–H and O–H groups in total. The number of esters is 1. The molecular formula is C21H20Cl3N3O3. The first-order chi connectivity index (χ1) is 14.1. The summed E-state index contributed by atoms with van der Waals surface area (Å²) in [5.74, 6) is -1.16. The number of carbonyl (C=O) groups is 2. The number of hydrogen-bond donors (Lipinski definition) is 1. The first-order valence-electron chi connectivity index (χ1n) is 9.07. The summed E-state index contributed by atoms with van der Waals surface area (Å²) in [6, 6.07) is 10.9. The normalized spacial score (nSPS) is 11.5. The fourth-order valence-electron chi connectivity index (χ4n) is 3.02. The smallest absolute Gasteiger partial charge is 0.320 e. The summed E-state index contributed by atoms with van der Waals surface area (Å²) >= 11 is 17.8. The molecular weight excluding hydrogens is 449 g/mol. The Morgan fingerprint density at radius 3 is 2.57 bits per heavy atom. The number of fused-ring (bicyclic) bond motifs is 1. The lowest BCUT2D eigenvalue weighted by Crippen LogP contribution is -2.47. The average Bonchev–Trinajstić information content (AvgIpc) is 3.02. The summed E-state index contributed by atoms with van der Waals surface area (Å²) in [5.41, 5.74) is 1.97. The third-order valence-corrected chi connectivity index (χ3v) is 5.23. The Hall–Kier alpha value is -2.28. The summed E-state index contributed by atoms with van der Waals surface area (Å²) in [6.07, 6.45) is 0. The number of benzene rings is 2. The van der Waals surface area contributed by atoms with Crippen LogP contribution in [0.4, 0.5) is 0 Å². The maximum Gasteiger partial charge on any atom is 0.320 e. The SMILES string of the molecule is Cn1nc(C(=O)NC(C)(C)COC(=O)CCl)c2ccc(-c3ccc(Cl)cc3Cl)cc21. The van der Waals surface area contributed by atoms with Gasteiger partial charge in [0.25, 0.3) is 5.91 Å². The number of aromatic nitrogens is 2. The van der Waals surface area contributed by atoms with Gasteiger partial charge < -0.3 is 10.1 Å². The molecule has 0 radical (unpaired) electrons. The summed E-state index contributed by atoms with van der Waals surface area (Å²) in [4.78, 5) is 24.1. The monoisotopic (exact) mass is 467 g/mol. The lowest BCUT2D eigenvalue weighted by molar-refractivity contribution is -0.142. The van der Waals surface area contributed by atoms with Gasteiger partial charge in [-0.25, -0.2) is 0 Å². The molecule has 3 rings (SSSR count). The second-order valence-corrected chi connectivity index (χ2v) is 8.57. The second-order valence-electron chi connectivity index (χ2n) is 7.46. The van der Waals surface area contributed by atoms with Crippen LogP contribution < -0.4 is 5.32 Å². The number of rotatable bonds is 6. The molecule has 0 aliphatic heterocycles. The molecule has 0 saturated carbocycles. The van der Waals surface area contributed by atoms with E-state index in [1.165, 1.54) is 0 Å². The van der Waals surface area contributed by atoms with Crippen LogP contribution in [0.3, 0.4) is 0 Å². The molecule has 0 spiro atoms. The molecule has 0 bridgehead atoms. The quantitative estimate of drug-likeness (QED) is 0.415. The number of ether oxygens (including phenoxy) is 1. The minimum absolute atomic E-state index is 0.00568. The van der Waals surface area contributed by atoms with Crippen molar-refractivity contribution in [2.24, 2.45) is 7.05 Å². The van der Waals surface area contributed by atoms with E-state index in [1.807, 2.05) is 24.3 Å². The van der Waals surface area contributed by atoms with Crippen LogP contribution >= 0.6 is 34.8 Å². The highest BCUT2D eigenvalue weighted by molar-refractivity contribution is 6.36. The molecule has 3 aromatic rings. The molecule has 30 heavy (non-hydrogen) atoms. The molecule has 1 heterocycles. The van der Waals surface area contributed by atoms with Gasteiger partial charge in [0.05, 0.1) is 11.1 Å². The highest BCUT2D eigenvalue weighted by Crippen LogP contribution is 2.32. The lowest BCUT2D eigenvalue weighted by Gasteiger charge is -2.25. The number of aryl methyl sites for hydroxylation is 1. The van der Waals surface area contributed by atoms with Crippen molar-refractivity contribution in [1.82, 2.24) is 15.1 Å². The molecule has 6 nitrogen and oxygen atoms in total. The Kier molecular flexibility index (Phi) is 6.60. The number of halogens is 3. The van der Waals surface area contributed by atoms with Crippen molar-refractivity contribution in [3.63, 3.8) is 0 Å². The van der Waals surface area contributed by atoms with Crippen molar-refractivity contribution in [2.45, 2.75) is 19.4 Å². The van der Waals surface area contributed by atoms with Gasteiger partial charge in [0.1, 0.15) is 12.5 Å². The minimum atomic E-state index is -0.792. The van der Waals surface area contributed by atoms with Gasteiger partial charge in [-0.3, -0.25) is 14.3 Å². The maximum absolute atomic E-state index is 12.9.